The van der Waals surface area contributed by atoms with Gasteiger partial charge in [0, 0.05) is 44.8 Å². The molecule has 0 aromatic heterocycles. The molecule has 276 valence electrons. The zero-order valence-electron chi connectivity index (χ0n) is 30.1. The molecule has 4 aromatic rings. The number of ether oxygens (including phenoxy) is 1. The summed E-state index contributed by atoms with van der Waals surface area (Å²) in [6.07, 6.45) is 8.07. The van der Waals surface area contributed by atoms with E-state index in [0.717, 1.165) is 34.2 Å². The zero-order chi connectivity index (χ0) is 37.2. The van der Waals surface area contributed by atoms with Crippen LogP contribution in [-0.4, -0.2) is 58.8 Å². The maximum Gasteiger partial charge on any atom is 0.328 e. The molecule has 0 radical (unpaired) electrons. The van der Waals surface area contributed by atoms with Crippen LogP contribution < -0.4 is 20.7 Å². The van der Waals surface area contributed by atoms with Crippen molar-refractivity contribution >= 4 is 24.1 Å². The lowest BCUT2D eigenvalue weighted by Crippen LogP contribution is -2.47. The van der Waals surface area contributed by atoms with Crippen molar-refractivity contribution in [1.29, 1.82) is 0 Å². The first kappa shape index (κ1) is 37.5. The predicted octanol–water partition coefficient (Wildman–Crippen LogP) is 6.04. The summed E-state index contributed by atoms with van der Waals surface area (Å²) in [6, 6.07) is 26.5. The number of carboxylic acid groups (broad SMARTS) is 1. The molecule has 2 bridgehead atoms. The third-order valence-corrected chi connectivity index (χ3v) is 10.1. The van der Waals surface area contributed by atoms with Crippen LogP contribution in [0.4, 0.5) is 5.69 Å². The third-order valence-electron chi connectivity index (χ3n) is 10.1. The van der Waals surface area contributed by atoms with Crippen molar-refractivity contribution in [3.05, 3.63) is 142 Å². The lowest BCUT2D eigenvalue weighted by Gasteiger charge is -2.37. The lowest BCUT2D eigenvalue weighted by atomic mass is 9.91. The van der Waals surface area contributed by atoms with Crippen LogP contribution in [0.15, 0.2) is 103 Å². The van der Waals surface area contributed by atoms with Crippen LogP contribution in [0.25, 0.3) is 6.08 Å². The number of hydrogen-bond acceptors (Lipinski definition) is 8. The van der Waals surface area contributed by atoms with Crippen molar-refractivity contribution in [2.75, 3.05) is 31.5 Å². The van der Waals surface area contributed by atoms with Crippen molar-refractivity contribution in [3.63, 3.8) is 0 Å². The second kappa shape index (κ2) is 17.5. The van der Waals surface area contributed by atoms with E-state index in [4.69, 9.17) is 4.74 Å². The molecule has 8 rings (SSSR count). The van der Waals surface area contributed by atoms with E-state index in [1.165, 1.54) is 32.1 Å². The molecule has 1 fully saturated rings. The van der Waals surface area contributed by atoms with Crippen LogP contribution in [0.1, 0.15) is 64.8 Å². The number of nitrogens with one attached hydrogen (secondary N) is 3. The normalized spacial score (nSPS) is 17.9. The molecule has 1 amide bonds. The highest BCUT2D eigenvalue weighted by Gasteiger charge is 2.45. The summed E-state index contributed by atoms with van der Waals surface area (Å²) in [7, 11) is 0. The molecule has 10 heteroatoms. The van der Waals surface area contributed by atoms with Crippen LogP contribution in [0, 0.1) is 0 Å². The average molecular weight is 717 g/mol. The lowest BCUT2D eigenvalue weighted by molar-refractivity contribution is -0.145. The molecule has 2 unspecified atom stereocenters. The number of phenolic OH excluding ortho intramolecular Hbond substituents is 1. The Hall–Kier alpha value is -5.26. The Kier molecular flexibility index (Phi) is 12.4. The number of carboxylic acids is 1. The smallest absolute Gasteiger partial charge is 0.328 e. The van der Waals surface area contributed by atoms with E-state index in [1.807, 2.05) is 79.7 Å². The predicted molar refractivity (Wildman–Crippen MR) is 206 cm³/mol. The number of nitrogens with zero attached hydrogens (tertiary/aromatic N) is 1. The van der Waals surface area contributed by atoms with E-state index in [9.17, 15) is 24.9 Å². The van der Waals surface area contributed by atoms with E-state index in [0.29, 0.717) is 49.4 Å². The summed E-state index contributed by atoms with van der Waals surface area (Å²) in [5.74, 6) is -0.233. The summed E-state index contributed by atoms with van der Waals surface area (Å²) in [4.78, 5) is 25.8. The van der Waals surface area contributed by atoms with Crippen molar-refractivity contribution in [2.24, 2.45) is 0 Å². The SMILES string of the molecule is C/C=C\c1c(C(O)CNCc2ccc(COc3cccc(CNC4(C(=O)O)CCc5ccccc54)c3)cc2)ccc(O)c1NC=O.C1=C2CN(CC1)C2. The van der Waals surface area contributed by atoms with E-state index in [1.54, 1.807) is 23.8 Å². The standard InChI is InChI=1S/C37H39N3O6.C6H9N/c1-2-6-31-30(15-16-33(42)35(31)39-24-41)34(43)22-38-20-25-11-13-26(14-12-25)23-46-29-9-5-7-27(19-29)21-40-37(36(44)45)18-17-28-8-3-4-10-32(28)37;1-2-6-4-7(3-1)5-6/h2-16,19,24,34,38,40,42-43H,17-18,20-23H2,1H3,(H,39,41)(H,44,45);2H,1,3-5H2/b6-2-;. The minimum absolute atomic E-state index is 0.0719. The van der Waals surface area contributed by atoms with Gasteiger partial charge in [-0.2, -0.15) is 0 Å². The highest BCUT2D eigenvalue weighted by molar-refractivity contribution is 5.84. The topological polar surface area (TPSA) is 143 Å². The number of benzene rings is 4. The van der Waals surface area contributed by atoms with E-state index in [-0.39, 0.29) is 18.0 Å². The molecule has 2 atom stereocenters. The summed E-state index contributed by atoms with van der Waals surface area (Å²) < 4.78 is 6.06. The maximum atomic E-state index is 12.4. The molecule has 4 aromatic carbocycles. The minimum Gasteiger partial charge on any atom is -0.506 e. The number of allylic oxidation sites excluding steroid dienone is 1. The quantitative estimate of drug-likeness (QED) is 0.0493. The highest BCUT2D eigenvalue weighted by Crippen LogP contribution is 2.38. The number of aryl methyl sites for hydroxylation is 1. The number of carbonyl (C=O) groups is 2. The van der Waals surface area contributed by atoms with Gasteiger partial charge in [-0.25, -0.2) is 4.79 Å². The molecule has 1 aliphatic carbocycles. The monoisotopic (exact) mass is 716 g/mol. The largest absolute Gasteiger partial charge is 0.506 e. The summed E-state index contributed by atoms with van der Waals surface area (Å²) in [5.41, 5.74) is 6.84. The Bertz CT molecular complexity index is 1950. The second-order valence-corrected chi connectivity index (χ2v) is 13.7. The van der Waals surface area contributed by atoms with Crippen molar-refractivity contribution in [3.8, 4) is 11.5 Å². The molecule has 0 saturated carbocycles. The Labute approximate surface area is 310 Å². The average Bonchev–Trinajstić information content (AvgIpc) is 3.56. The van der Waals surface area contributed by atoms with Crippen LogP contribution >= 0.6 is 0 Å². The van der Waals surface area contributed by atoms with Gasteiger partial charge in [0.15, 0.2) is 0 Å². The Morgan fingerprint density at radius 1 is 0.981 bits per heavy atom. The van der Waals surface area contributed by atoms with Gasteiger partial charge in [0.25, 0.3) is 0 Å². The maximum absolute atomic E-state index is 12.4. The first-order valence-electron chi connectivity index (χ1n) is 18.1. The van der Waals surface area contributed by atoms with E-state index in [2.05, 4.69) is 26.9 Å². The van der Waals surface area contributed by atoms with Crippen LogP contribution in [0.3, 0.4) is 0 Å². The number of aromatic hydroxyl groups is 1. The van der Waals surface area contributed by atoms with Gasteiger partial charge in [0.05, 0.1) is 11.8 Å². The van der Waals surface area contributed by atoms with Gasteiger partial charge < -0.3 is 30.7 Å². The fraction of sp³-hybridized carbons (Fsp3) is 0.302. The number of fused-ring (bicyclic) bond motifs is 3. The fourth-order valence-corrected chi connectivity index (χ4v) is 7.21. The number of rotatable bonds is 15. The Balaban J connectivity index is 0.000000606. The summed E-state index contributed by atoms with van der Waals surface area (Å²) in [5, 5.41) is 40.2. The van der Waals surface area contributed by atoms with Gasteiger partial charge in [0.1, 0.15) is 23.6 Å². The number of phenols is 1. The number of aliphatic carboxylic acids is 1. The molecule has 10 nitrogen and oxygen atoms in total. The third kappa shape index (κ3) is 9.04. The fourth-order valence-electron chi connectivity index (χ4n) is 7.21. The molecular weight excluding hydrogens is 668 g/mol. The van der Waals surface area contributed by atoms with Gasteiger partial charge in [-0.05, 0) is 83.3 Å². The van der Waals surface area contributed by atoms with Crippen molar-refractivity contribution < 1.29 is 29.6 Å². The number of aliphatic hydroxyl groups excluding tert-OH is 1. The van der Waals surface area contributed by atoms with Gasteiger partial charge in [-0.3, -0.25) is 15.0 Å². The van der Waals surface area contributed by atoms with Crippen LogP contribution in [-0.2, 0) is 41.2 Å². The molecule has 4 aliphatic rings. The molecule has 0 spiro atoms. The van der Waals surface area contributed by atoms with Gasteiger partial charge in [-0.1, -0.05) is 85.0 Å². The van der Waals surface area contributed by atoms with Crippen LogP contribution in [0.2, 0.25) is 0 Å². The molecule has 3 aliphatic heterocycles. The molecule has 3 heterocycles. The van der Waals surface area contributed by atoms with Gasteiger partial charge in [-0.15, -0.1) is 0 Å². The summed E-state index contributed by atoms with van der Waals surface area (Å²) in [6.45, 7) is 7.26. The highest BCUT2D eigenvalue weighted by atomic mass is 16.5. The molecule has 1 saturated heterocycles. The van der Waals surface area contributed by atoms with Gasteiger partial charge in [0.2, 0.25) is 6.41 Å². The Morgan fingerprint density at radius 2 is 1.77 bits per heavy atom. The first-order chi connectivity index (χ1) is 25.8. The Morgan fingerprint density at radius 3 is 2.45 bits per heavy atom. The second-order valence-electron chi connectivity index (χ2n) is 13.7. The van der Waals surface area contributed by atoms with Gasteiger partial charge >= 0.3 is 5.97 Å². The van der Waals surface area contributed by atoms with E-state index >= 15 is 0 Å². The molecular formula is C43H48N4O6. The zero-order valence-corrected chi connectivity index (χ0v) is 30.1. The number of carbonyl (C=O) groups excluding carboxylic acids is 1. The van der Waals surface area contributed by atoms with E-state index < -0.39 is 17.6 Å². The molecule has 53 heavy (non-hydrogen) atoms. The number of hydrogen-bond donors (Lipinski definition) is 6. The molecule has 6 N–H and O–H groups in total. The van der Waals surface area contributed by atoms with Crippen molar-refractivity contribution in [1.82, 2.24) is 15.5 Å². The number of anilines is 1. The summed E-state index contributed by atoms with van der Waals surface area (Å²) >= 11 is 0. The van der Waals surface area contributed by atoms with Crippen molar-refractivity contribution in [2.45, 2.75) is 57.5 Å². The minimum atomic E-state index is -1.10. The number of aliphatic hydroxyl groups is 1. The first-order valence-corrected chi connectivity index (χ1v) is 18.1. The van der Waals surface area contributed by atoms with Crippen LogP contribution in [0.5, 0.6) is 11.5 Å². The number of amides is 1.